The van der Waals surface area contributed by atoms with Gasteiger partial charge in [0.15, 0.2) is 0 Å². The molecule has 0 radical (unpaired) electrons. The molecule has 25 heavy (non-hydrogen) atoms. The third-order valence-electron chi connectivity index (χ3n) is 4.34. The number of hydrogen-bond donors (Lipinski definition) is 1. The lowest BCUT2D eigenvalue weighted by Crippen LogP contribution is -2.59. The number of carbonyl (C=O) groups is 1. The zero-order valence-electron chi connectivity index (χ0n) is 15.1. The number of piperazine rings is 1. The van der Waals surface area contributed by atoms with Gasteiger partial charge in [-0.15, -0.1) is 0 Å². The first-order valence-electron chi connectivity index (χ1n) is 8.15. The number of carboxylic acid groups (broad SMARTS) is 1. The van der Waals surface area contributed by atoms with E-state index in [1.165, 1.54) is 4.90 Å². The molecule has 1 fully saturated rings. The Balaban J connectivity index is 2.17. The molecule has 1 saturated heterocycles. The maximum atomic E-state index is 11.5. The van der Waals surface area contributed by atoms with E-state index in [9.17, 15) is 18.3 Å². The van der Waals surface area contributed by atoms with E-state index >= 15 is 0 Å². The Labute approximate surface area is 149 Å². The Hall–Kier alpha value is -1.80. The molecule has 1 aliphatic rings. The molecule has 1 aromatic rings. The van der Waals surface area contributed by atoms with Crippen LogP contribution in [-0.4, -0.2) is 56.4 Å². The van der Waals surface area contributed by atoms with Crippen LogP contribution in [0.2, 0.25) is 0 Å². The van der Waals surface area contributed by atoms with Crippen molar-refractivity contribution < 1.29 is 22.5 Å². The van der Waals surface area contributed by atoms with E-state index in [0.717, 1.165) is 17.5 Å². The van der Waals surface area contributed by atoms with Crippen LogP contribution in [0.3, 0.4) is 0 Å². The summed E-state index contributed by atoms with van der Waals surface area (Å²) in [5.74, 6) is 0. The quantitative estimate of drug-likeness (QED) is 0.819. The molecule has 7 nitrogen and oxygen atoms in total. The summed E-state index contributed by atoms with van der Waals surface area (Å²) in [6.07, 6.45) is 0.130. The number of benzene rings is 1. The molecule has 0 aliphatic carbocycles. The van der Waals surface area contributed by atoms with Gasteiger partial charge < -0.3 is 14.9 Å². The van der Waals surface area contributed by atoms with Gasteiger partial charge >= 0.3 is 6.09 Å². The normalized spacial score (nSPS) is 19.1. The zero-order valence-corrected chi connectivity index (χ0v) is 15.9. The minimum atomic E-state index is -3.49. The lowest BCUT2D eigenvalue weighted by atomic mass is 9.84. The van der Waals surface area contributed by atoms with Crippen LogP contribution in [0.25, 0.3) is 0 Å². The predicted octanol–water partition coefficient (Wildman–Crippen LogP) is 2.38. The Morgan fingerprint density at radius 3 is 2.56 bits per heavy atom. The van der Waals surface area contributed by atoms with Crippen LogP contribution in [0.4, 0.5) is 10.5 Å². The third kappa shape index (κ3) is 5.34. The highest BCUT2D eigenvalue weighted by molar-refractivity contribution is 7.85. The first-order chi connectivity index (χ1) is 11.5. The van der Waals surface area contributed by atoms with Crippen LogP contribution in [0, 0.1) is 5.41 Å². The van der Waals surface area contributed by atoms with Gasteiger partial charge in [0.05, 0.1) is 18.9 Å². The minimum Gasteiger partial charge on any atom is -0.465 e. The van der Waals surface area contributed by atoms with Crippen LogP contribution in [0.15, 0.2) is 24.3 Å². The molecule has 1 atom stereocenters. The zero-order chi connectivity index (χ0) is 18.8. The van der Waals surface area contributed by atoms with E-state index in [1.54, 1.807) is 0 Å². The number of amides is 1. The Bertz CT molecular complexity index is 727. The standard InChI is InChI=1S/C17H26N2O5S/c1-17(2,3)15-11-18(8-9-19(15)16(20)21)14-7-5-6-13(10-14)12-24-25(4,22)23/h5-7,10,15H,8-9,11-12H2,1-4H3,(H,20,21). The van der Waals surface area contributed by atoms with E-state index in [-0.39, 0.29) is 18.1 Å². The van der Waals surface area contributed by atoms with Crippen LogP contribution in [0.1, 0.15) is 26.3 Å². The Morgan fingerprint density at radius 2 is 2.00 bits per heavy atom. The van der Waals surface area contributed by atoms with E-state index in [0.29, 0.717) is 19.6 Å². The van der Waals surface area contributed by atoms with Crippen molar-refractivity contribution >= 4 is 21.9 Å². The summed E-state index contributed by atoms with van der Waals surface area (Å²) < 4.78 is 27.2. The van der Waals surface area contributed by atoms with Crippen molar-refractivity contribution in [2.24, 2.45) is 5.41 Å². The van der Waals surface area contributed by atoms with Gasteiger partial charge in [-0.2, -0.15) is 8.42 Å². The number of hydrogen-bond acceptors (Lipinski definition) is 5. The van der Waals surface area contributed by atoms with Gasteiger partial charge in [-0.3, -0.25) is 4.18 Å². The van der Waals surface area contributed by atoms with Crippen molar-refractivity contribution in [2.75, 3.05) is 30.8 Å². The smallest absolute Gasteiger partial charge is 0.407 e. The van der Waals surface area contributed by atoms with Gasteiger partial charge in [0.25, 0.3) is 10.1 Å². The van der Waals surface area contributed by atoms with Gasteiger partial charge in [-0.05, 0) is 23.1 Å². The predicted molar refractivity (Wildman–Crippen MR) is 96.3 cm³/mol. The summed E-state index contributed by atoms with van der Waals surface area (Å²) in [6.45, 7) is 7.71. The summed E-state index contributed by atoms with van der Waals surface area (Å²) >= 11 is 0. The number of anilines is 1. The van der Waals surface area contributed by atoms with E-state index < -0.39 is 16.2 Å². The second kappa shape index (κ2) is 7.21. The second-order valence-corrected chi connectivity index (χ2v) is 9.08. The molecule has 0 spiro atoms. The maximum Gasteiger partial charge on any atom is 0.407 e. The van der Waals surface area contributed by atoms with E-state index in [4.69, 9.17) is 4.18 Å². The van der Waals surface area contributed by atoms with E-state index in [2.05, 4.69) is 4.90 Å². The summed E-state index contributed by atoms with van der Waals surface area (Å²) in [7, 11) is -3.49. The number of rotatable bonds is 4. The highest BCUT2D eigenvalue weighted by Crippen LogP contribution is 2.30. The molecule has 0 bridgehead atoms. The van der Waals surface area contributed by atoms with E-state index in [1.807, 2.05) is 45.0 Å². The molecule has 1 amide bonds. The molecular formula is C17H26N2O5S. The SMILES string of the molecule is CC(C)(C)C1CN(c2cccc(COS(C)(=O)=O)c2)CCN1C(=O)O. The van der Waals surface area contributed by atoms with Crippen molar-refractivity contribution in [3.8, 4) is 0 Å². The molecule has 0 saturated carbocycles. The van der Waals surface area contributed by atoms with Gasteiger partial charge in [0, 0.05) is 25.3 Å². The second-order valence-electron chi connectivity index (χ2n) is 7.44. The first kappa shape index (κ1) is 19.5. The van der Waals surface area contributed by atoms with Gasteiger partial charge in [-0.25, -0.2) is 4.79 Å². The fourth-order valence-corrected chi connectivity index (χ4v) is 3.36. The van der Waals surface area contributed by atoms with Crippen molar-refractivity contribution in [2.45, 2.75) is 33.4 Å². The molecule has 2 rings (SSSR count). The molecule has 8 heteroatoms. The first-order valence-corrected chi connectivity index (χ1v) is 9.97. The van der Waals surface area contributed by atoms with Crippen molar-refractivity contribution in [3.63, 3.8) is 0 Å². The highest BCUT2D eigenvalue weighted by Gasteiger charge is 2.38. The highest BCUT2D eigenvalue weighted by atomic mass is 32.2. The van der Waals surface area contributed by atoms with Crippen LogP contribution in [0.5, 0.6) is 0 Å². The summed E-state index contributed by atoms with van der Waals surface area (Å²) in [5.41, 5.74) is 1.51. The minimum absolute atomic E-state index is 0.00946. The number of nitrogens with zero attached hydrogens (tertiary/aromatic N) is 2. The molecule has 1 N–H and O–H groups in total. The summed E-state index contributed by atoms with van der Waals surface area (Å²) in [4.78, 5) is 15.2. The molecule has 140 valence electrons. The average molecular weight is 370 g/mol. The fourth-order valence-electron chi connectivity index (χ4n) is 3.01. The maximum absolute atomic E-state index is 11.5. The largest absolute Gasteiger partial charge is 0.465 e. The Kier molecular flexibility index (Phi) is 5.63. The molecule has 1 aliphatic heterocycles. The van der Waals surface area contributed by atoms with Crippen LogP contribution < -0.4 is 4.90 Å². The van der Waals surface area contributed by atoms with Gasteiger partial charge in [0.2, 0.25) is 0 Å². The van der Waals surface area contributed by atoms with Crippen molar-refractivity contribution in [1.29, 1.82) is 0 Å². The van der Waals surface area contributed by atoms with Gasteiger partial charge in [-0.1, -0.05) is 32.9 Å². The lowest BCUT2D eigenvalue weighted by molar-refractivity contribution is 0.0748. The topological polar surface area (TPSA) is 87.2 Å². The summed E-state index contributed by atoms with van der Waals surface area (Å²) in [5, 5.41) is 9.45. The lowest BCUT2D eigenvalue weighted by Gasteiger charge is -2.46. The fraction of sp³-hybridized carbons (Fsp3) is 0.588. The molecular weight excluding hydrogens is 344 g/mol. The van der Waals surface area contributed by atoms with Gasteiger partial charge in [0.1, 0.15) is 0 Å². The van der Waals surface area contributed by atoms with Crippen LogP contribution >= 0.6 is 0 Å². The molecule has 1 aromatic carbocycles. The molecule has 1 heterocycles. The Morgan fingerprint density at radius 1 is 1.32 bits per heavy atom. The molecule has 0 aromatic heterocycles. The van der Waals surface area contributed by atoms with Crippen molar-refractivity contribution in [3.05, 3.63) is 29.8 Å². The van der Waals surface area contributed by atoms with Crippen molar-refractivity contribution in [1.82, 2.24) is 4.90 Å². The van der Waals surface area contributed by atoms with Crippen LogP contribution in [-0.2, 0) is 20.9 Å². The monoisotopic (exact) mass is 370 g/mol. The third-order valence-corrected chi connectivity index (χ3v) is 4.89. The summed E-state index contributed by atoms with van der Waals surface area (Å²) in [6, 6.07) is 7.37. The molecule has 1 unspecified atom stereocenters. The average Bonchev–Trinajstić information content (AvgIpc) is 2.51.